The fourth-order valence-electron chi connectivity index (χ4n) is 2.80. The van der Waals surface area contributed by atoms with Crippen LogP contribution in [0.1, 0.15) is 18.4 Å². The fourth-order valence-corrected chi connectivity index (χ4v) is 2.80. The van der Waals surface area contributed by atoms with Gasteiger partial charge in [0.05, 0.1) is 17.8 Å². The lowest BCUT2D eigenvalue weighted by Gasteiger charge is -2.29. The molecule has 1 aliphatic rings. The van der Waals surface area contributed by atoms with E-state index in [0.717, 1.165) is 17.7 Å². The number of carboxylic acids is 1. The van der Waals surface area contributed by atoms with Crippen LogP contribution >= 0.6 is 0 Å². The number of carbonyl (C=O) groups is 2. The molecular weight excluding hydrogens is 306 g/mol. The molecule has 1 aromatic heterocycles. The van der Waals surface area contributed by atoms with Crippen molar-refractivity contribution in [3.05, 3.63) is 54.4 Å². The summed E-state index contributed by atoms with van der Waals surface area (Å²) in [6.45, 7) is 0.887. The van der Waals surface area contributed by atoms with Crippen LogP contribution in [0, 0.1) is 5.92 Å². The summed E-state index contributed by atoms with van der Waals surface area (Å²) in [5.41, 5.74) is 1.77. The number of aliphatic carboxylic acids is 1. The molecule has 1 N–H and O–H groups in total. The largest absolute Gasteiger partial charge is 0.481 e. The summed E-state index contributed by atoms with van der Waals surface area (Å²) in [5.74, 6) is -1.45. The number of amides is 1. The summed E-state index contributed by atoms with van der Waals surface area (Å²) < 4.78 is 1.74. The van der Waals surface area contributed by atoms with Gasteiger partial charge in [0.2, 0.25) is 5.91 Å². The third kappa shape index (κ3) is 3.71. The maximum atomic E-state index is 12.2. The minimum Gasteiger partial charge on any atom is -0.481 e. The van der Waals surface area contributed by atoms with Crippen molar-refractivity contribution < 1.29 is 14.7 Å². The fraction of sp³-hybridized carbons (Fsp3) is 0.278. The van der Waals surface area contributed by atoms with Crippen LogP contribution in [0.15, 0.2) is 48.8 Å². The Morgan fingerprint density at radius 1 is 1.25 bits per heavy atom. The van der Waals surface area contributed by atoms with E-state index in [9.17, 15) is 9.59 Å². The Balaban J connectivity index is 1.64. The molecule has 3 rings (SSSR count). The molecule has 6 heteroatoms. The highest BCUT2D eigenvalue weighted by Gasteiger charge is 2.27. The smallest absolute Gasteiger partial charge is 0.308 e. The second-order valence-electron chi connectivity index (χ2n) is 5.85. The molecular formula is C18H19N3O3. The molecule has 2 aromatic rings. The number of hydrogen-bond donors (Lipinski definition) is 1. The Morgan fingerprint density at radius 2 is 2.04 bits per heavy atom. The summed E-state index contributed by atoms with van der Waals surface area (Å²) in [5, 5.41) is 13.4. The minimum absolute atomic E-state index is 0.159. The highest BCUT2D eigenvalue weighted by molar-refractivity contribution is 5.92. The average Bonchev–Trinajstić information content (AvgIpc) is 3.09. The first-order valence-electron chi connectivity index (χ1n) is 7.93. The maximum Gasteiger partial charge on any atom is 0.308 e. The quantitative estimate of drug-likeness (QED) is 0.875. The molecule has 2 heterocycles. The van der Waals surface area contributed by atoms with Gasteiger partial charge in [-0.2, -0.15) is 5.10 Å². The van der Waals surface area contributed by atoms with E-state index in [-0.39, 0.29) is 12.5 Å². The predicted molar refractivity (Wildman–Crippen MR) is 89.5 cm³/mol. The topological polar surface area (TPSA) is 75.4 Å². The lowest BCUT2D eigenvalue weighted by molar-refractivity contribution is -0.144. The van der Waals surface area contributed by atoms with Gasteiger partial charge in [-0.25, -0.2) is 4.68 Å². The van der Waals surface area contributed by atoms with Crippen LogP contribution in [0.2, 0.25) is 0 Å². The molecule has 1 aromatic carbocycles. The molecule has 0 bridgehead atoms. The summed E-state index contributed by atoms with van der Waals surface area (Å²) in [6, 6.07) is 9.71. The van der Waals surface area contributed by atoms with E-state index in [2.05, 4.69) is 5.10 Å². The zero-order valence-corrected chi connectivity index (χ0v) is 13.2. The van der Waals surface area contributed by atoms with Crippen molar-refractivity contribution in [2.45, 2.75) is 12.8 Å². The summed E-state index contributed by atoms with van der Waals surface area (Å²) in [4.78, 5) is 24.9. The van der Waals surface area contributed by atoms with Crippen molar-refractivity contribution in [3.63, 3.8) is 0 Å². The van der Waals surface area contributed by atoms with Gasteiger partial charge in [0.15, 0.2) is 0 Å². The van der Waals surface area contributed by atoms with E-state index in [0.29, 0.717) is 13.0 Å². The molecule has 0 saturated carbocycles. The summed E-state index contributed by atoms with van der Waals surface area (Å²) in [7, 11) is 0. The van der Waals surface area contributed by atoms with E-state index >= 15 is 0 Å². The van der Waals surface area contributed by atoms with Crippen LogP contribution in [-0.2, 0) is 9.59 Å². The lowest BCUT2D eigenvalue weighted by atomic mass is 9.98. The van der Waals surface area contributed by atoms with Gasteiger partial charge in [-0.1, -0.05) is 18.2 Å². The normalized spacial score (nSPS) is 18.0. The zero-order chi connectivity index (χ0) is 16.9. The predicted octanol–water partition coefficient (Wildman–Crippen LogP) is 2.21. The second kappa shape index (κ2) is 7.12. The highest BCUT2D eigenvalue weighted by Crippen LogP contribution is 2.17. The Bertz CT molecular complexity index is 752. The number of carbonyl (C=O) groups excluding carboxylic acids is 1. The molecule has 1 aliphatic heterocycles. The van der Waals surface area contributed by atoms with Crippen molar-refractivity contribution >= 4 is 18.0 Å². The average molecular weight is 325 g/mol. The maximum absolute atomic E-state index is 12.2. The molecule has 0 aliphatic carbocycles. The Hall–Kier alpha value is -2.89. The van der Waals surface area contributed by atoms with Crippen molar-refractivity contribution in [2.24, 2.45) is 5.92 Å². The van der Waals surface area contributed by atoms with Crippen LogP contribution in [-0.4, -0.2) is 44.8 Å². The van der Waals surface area contributed by atoms with Crippen LogP contribution in [0.3, 0.4) is 0 Å². The first-order valence-corrected chi connectivity index (χ1v) is 7.93. The molecule has 1 amide bonds. The van der Waals surface area contributed by atoms with Gasteiger partial charge in [0.25, 0.3) is 0 Å². The van der Waals surface area contributed by atoms with Gasteiger partial charge >= 0.3 is 5.97 Å². The van der Waals surface area contributed by atoms with E-state index in [1.54, 1.807) is 21.9 Å². The number of likely N-dealkylation sites (tertiary alicyclic amines) is 1. The number of benzene rings is 1. The van der Waals surface area contributed by atoms with Gasteiger partial charge in [-0.15, -0.1) is 0 Å². The summed E-state index contributed by atoms with van der Waals surface area (Å²) in [6.07, 6.45) is 8.08. The number of para-hydroxylation sites is 1. The third-order valence-electron chi connectivity index (χ3n) is 4.12. The van der Waals surface area contributed by atoms with E-state index in [1.807, 2.05) is 36.5 Å². The Morgan fingerprint density at radius 3 is 2.79 bits per heavy atom. The number of hydrogen-bond acceptors (Lipinski definition) is 3. The molecule has 1 saturated heterocycles. The van der Waals surface area contributed by atoms with Gasteiger partial charge in [0.1, 0.15) is 0 Å². The molecule has 1 unspecified atom stereocenters. The summed E-state index contributed by atoms with van der Waals surface area (Å²) >= 11 is 0. The van der Waals surface area contributed by atoms with E-state index < -0.39 is 11.9 Å². The molecule has 1 fully saturated rings. The first-order chi connectivity index (χ1) is 11.6. The highest BCUT2D eigenvalue weighted by atomic mass is 16.4. The zero-order valence-electron chi connectivity index (χ0n) is 13.2. The van der Waals surface area contributed by atoms with Gasteiger partial charge < -0.3 is 10.0 Å². The van der Waals surface area contributed by atoms with Crippen LogP contribution in [0.4, 0.5) is 0 Å². The molecule has 24 heavy (non-hydrogen) atoms. The van der Waals surface area contributed by atoms with E-state index in [1.165, 1.54) is 6.08 Å². The molecule has 6 nitrogen and oxygen atoms in total. The van der Waals surface area contributed by atoms with Crippen molar-refractivity contribution in [1.82, 2.24) is 14.7 Å². The number of carboxylic acid groups (broad SMARTS) is 1. The minimum atomic E-state index is -0.833. The number of piperidine rings is 1. The van der Waals surface area contributed by atoms with Crippen LogP contribution in [0.5, 0.6) is 0 Å². The molecule has 1 atom stereocenters. The molecule has 0 radical (unpaired) electrons. The van der Waals surface area contributed by atoms with Gasteiger partial charge in [0, 0.05) is 30.9 Å². The van der Waals surface area contributed by atoms with E-state index in [4.69, 9.17) is 5.11 Å². The van der Waals surface area contributed by atoms with Crippen LogP contribution < -0.4 is 0 Å². The van der Waals surface area contributed by atoms with Crippen LogP contribution in [0.25, 0.3) is 11.8 Å². The Labute approximate surface area is 140 Å². The number of nitrogens with zero attached hydrogens (tertiary/aromatic N) is 3. The van der Waals surface area contributed by atoms with Crippen molar-refractivity contribution in [1.29, 1.82) is 0 Å². The third-order valence-corrected chi connectivity index (χ3v) is 4.12. The molecule has 124 valence electrons. The number of rotatable bonds is 4. The lowest BCUT2D eigenvalue weighted by Crippen LogP contribution is -2.41. The molecule has 0 spiro atoms. The standard InChI is InChI=1S/C18H19N3O3/c22-17(20-10-4-5-15(13-20)18(23)24)9-8-14-11-19-21(12-14)16-6-2-1-3-7-16/h1-3,6-9,11-12,15H,4-5,10,13H2,(H,23,24). The Kier molecular flexibility index (Phi) is 4.74. The SMILES string of the molecule is O=C(O)C1CCCN(C(=O)C=Cc2cnn(-c3ccccc3)c2)C1. The first kappa shape index (κ1) is 16.0. The van der Waals surface area contributed by atoms with Gasteiger partial charge in [-0.3, -0.25) is 9.59 Å². The van der Waals surface area contributed by atoms with Crippen molar-refractivity contribution in [3.8, 4) is 5.69 Å². The second-order valence-corrected chi connectivity index (χ2v) is 5.85. The van der Waals surface area contributed by atoms with Gasteiger partial charge in [-0.05, 0) is 31.1 Å². The van der Waals surface area contributed by atoms with Crippen molar-refractivity contribution in [2.75, 3.05) is 13.1 Å². The monoisotopic (exact) mass is 325 g/mol. The number of aromatic nitrogens is 2.